The molecule has 1 atom stereocenters. The fourth-order valence-electron chi connectivity index (χ4n) is 3.33. The number of hydrogen-bond donors (Lipinski definition) is 0. The second-order valence-electron chi connectivity index (χ2n) is 7.22. The number of ether oxygens (including phenoxy) is 1. The van der Waals surface area contributed by atoms with Crippen molar-refractivity contribution in [3.8, 4) is 5.75 Å². The van der Waals surface area contributed by atoms with Crippen molar-refractivity contribution >= 4 is 49.1 Å². The lowest BCUT2D eigenvalue weighted by atomic mass is 10.3. The van der Waals surface area contributed by atoms with Crippen molar-refractivity contribution in [3.63, 3.8) is 0 Å². The Morgan fingerprint density at radius 2 is 1.46 bits per heavy atom. The summed E-state index contributed by atoms with van der Waals surface area (Å²) in [6.07, 6.45) is 0. The molecule has 0 saturated heterocycles. The van der Waals surface area contributed by atoms with E-state index < -0.39 is 16.1 Å². The Labute approximate surface area is 160 Å². The number of hydrogen-bond acceptors (Lipinski definition) is 1. The maximum atomic E-state index is 13.3. The van der Waals surface area contributed by atoms with Crippen molar-refractivity contribution < 1.29 is 9.13 Å². The number of benzene rings is 2. The largest absolute Gasteiger partial charge is 0.494 e. The maximum Gasteiger partial charge on any atom is 0.123 e. The second kappa shape index (κ2) is 8.14. The Morgan fingerprint density at radius 1 is 0.917 bits per heavy atom. The summed E-state index contributed by atoms with van der Waals surface area (Å²) >= 11 is 2.52. The van der Waals surface area contributed by atoms with Gasteiger partial charge in [-0.05, 0) is 35.2 Å². The van der Waals surface area contributed by atoms with E-state index in [9.17, 15) is 4.39 Å². The molecule has 0 aromatic heterocycles. The van der Waals surface area contributed by atoms with Gasteiger partial charge in [0.2, 0.25) is 0 Å². The molecule has 0 aliphatic heterocycles. The fraction of sp³-hybridized carbons (Fsp3) is 0.368. The van der Waals surface area contributed by atoms with Crippen LogP contribution in [0.3, 0.4) is 0 Å². The Kier molecular flexibility index (Phi) is 6.67. The zero-order valence-corrected chi connectivity index (χ0v) is 19.1. The summed E-state index contributed by atoms with van der Waals surface area (Å²) in [5.74, 6) is 0.796. The van der Waals surface area contributed by atoms with Crippen LogP contribution < -0.4 is 15.1 Å². The van der Waals surface area contributed by atoms with Gasteiger partial charge < -0.3 is 4.74 Å². The topological polar surface area (TPSA) is 9.23 Å². The first-order chi connectivity index (χ1) is 11.3. The standard InChI is InChI=1S/C19H26FIOSi2/c1-5-22-17-8-12-18(13-9-17)23(2,3)15-24(4,14-21)19-10-6-16(20)7-11-19/h6-13H,5,14-15H2,1-4H3. The molecule has 0 saturated carbocycles. The number of alkyl halides is 1. The molecule has 130 valence electrons. The van der Waals surface area contributed by atoms with E-state index in [1.54, 1.807) is 12.1 Å². The average Bonchev–Trinajstić information content (AvgIpc) is 2.56. The van der Waals surface area contributed by atoms with E-state index in [1.165, 1.54) is 16.0 Å². The molecule has 0 radical (unpaired) electrons. The minimum absolute atomic E-state index is 0.147. The first-order valence-corrected chi connectivity index (χ1v) is 16.0. The summed E-state index contributed by atoms with van der Waals surface area (Å²) in [5.41, 5.74) is 1.27. The highest BCUT2D eigenvalue weighted by atomic mass is 127. The molecule has 0 heterocycles. The fourth-order valence-corrected chi connectivity index (χ4v) is 19.1. The Bertz CT molecular complexity index is 658. The minimum Gasteiger partial charge on any atom is -0.494 e. The first-order valence-electron chi connectivity index (χ1n) is 8.36. The molecule has 24 heavy (non-hydrogen) atoms. The molecule has 0 spiro atoms. The van der Waals surface area contributed by atoms with E-state index in [0.29, 0.717) is 6.61 Å². The van der Waals surface area contributed by atoms with Crippen molar-refractivity contribution in [2.75, 3.05) is 10.7 Å². The maximum absolute atomic E-state index is 13.3. The van der Waals surface area contributed by atoms with Crippen LogP contribution in [0.4, 0.5) is 4.39 Å². The molecule has 2 aromatic carbocycles. The van der Waals surface area contributed by atoms with Gasteiger partial charge in [0, 0.05) is 0 Å². The first kappa shape index (κ1) is 19.7. The molecular weight excluding hydrogens is 446 g/mol. The summed E-state index contributed by atoms with van der Waals surface area (Å²) in [7, 11) is -3.19. The highest BCUT2D eigenvalue weighted by Crippen LogP contribution is 2.23. The summed E-state index contributed by atoms with van der Waals surface area (Å²) in [5, 5.41) is 2.83. The second-order valence-corrected chi connectivity index (χ2v) is 19.2. The van der Waals surface area contributed by atoms with Gasteiger partial charge >= 0.3 is 0 Å². The van der Waals surface area contributed by atoms with Crippen LogP contribution in [0.25, 0.3) is 0 Å². The van der Waals surface area contributed by atoms with Crippen molar-refractivity contribution in [2.45, 2.75) is 32.2 Å². The predicted molar refractivity (Wildman–Crippen MR) is 116 cm³/mol. The van der Waals surface area contributed by atoms with Gasteiger partial charge in [0.15, 0.2) is 0 Å². The summed E-state index contributed by atoms with van der Waals surface area (Å²) in [6, 6.07) is 15.9. The minimum atomic E-state index is -1.62. The summed E-state index contributed by atoms with van der Waals surface area (Å²) in [6.45, 7) is 10.0. The monoisotopic (exact) mass is 472 g/mol. The third-order valence-corrected chi connectivity index (χ3v) is 20.5. The molecule has 2 aromatic rings. The zero-order valence-electron chi connectivity index (χ0n) is 14.9. The molecule has 0 amide bonds. The Balaban J connectivity index is 2.25. The van der Waals surface area contributed by atoms with Gasteiger partial charge in [-0.2, -0.15) is 0 Å². The van der Waals surface area contributed by atoms with E-state index >= 15 is 0 Å². The number of halogens is 2. The van der Waals surface area contributed by atoms with Crippen LogP contribution in [0.1, 0.15) is 6.92 Å². The molecule has 0 aliphatic carbocycles. The lowest BCUT2D eigenvalue weighted by Crippen LogP contribution is -2.56. The summed E-state index contributed by atoms with van der Waals surface area (Å²) in [4.78, 5) is 0. The van der Waals surface area contributed by atoms with Gasteiger partial charge in [0.25, 0.3) is 0 Å². The molecule has 0 N–H and O–H groups in total. The van der Waals surface area contributed by atoms with Gasteiger partial charge in [-0.1, -0.05) is 82.5 Å². The molecule has 0 aliphatic rings. The van der Waals surface area contributed by atoms with E-state index in [0.717, 1.165) is 9.80 Å². The van der Waals surface area contributed by atoms with E-state index in [2.05, 4.69) is 66.5 Å². The van der Waals surface area contributed by atoms with Gasteiger partial charge in [-0.25, -0.2) is 4.39 Å². The molecule has 5 heteroatoms. The van der Waals surface area contributed by atoms with Crippen molar-refractivity contribution in [2.24, 2.45) is 0 Å². The third-order valence-electron chi connectivity index (χ3n) is 4.61. The van der Waals surface area contributed by atoms with Gasteiger partial charge in [0.05, 0.1) is 22.8 Å². The molecule has 1 nitrogen and oxygen atoms in total. The molecule has 0 fully saturated rings. The van der Waals surface area contributed by atoms with E-state index in [-0.39, 0.29) is 5.82 Å². The van der Waals surface area contributed by atoms with Gasteiger partial charge in [-0.3, -0.25) is 0 Å². The van der Waals surface area contributed by atoms with Crippen molar-refractivity contribution in [1.29, 1.82) is 0 Å². The van der Waals surface area contributed by atoms with Crippen molar-refractivity contribution in [3.05, 3.63) is 54.3 Å². The highest BCUT2D eigenvalue weighted by Gasteiger charge is 2.37. The Hall–Kier alpha value is -0.666. The van der Waals surface area contributed by atoms with Crippen LogP contribution in [0, 0.1) is 5.82 Å². The lowest BCUT2D eigenvalue weighted by Gasteiger charge is -2.34. The van der Waals surface area contributed by atoms with E-state index in [4.69, 9.17) is 4.74 Å². The smallest absolute Gasteiger partial charge is 0.123 e. The SMILES string of the molecule is CCOc1ccc([Si](C)(C)C[Si](C)(CI)c2ccc(F)cc2)cc1. The van der Waals surface area contributed by atoms with Crippen LogP contribution in [-0.4, -0.2) is 26.8 Å². The quantitative estimate of drug-likeness (QED) is 0.324. The van der Waals surface area contributed by atoms with Crippen LogP contribution >= 0.6 is 22.6 Å². The van der Waals surface area contributed by atoms with Crippen LogP contribution in [0.2, 0.25) is 25.3 Å². The molecular formula is C19H26FIOSi2. The zero-order chi connectivity index (χ0) is 17.8. The van der Waals surface area contributed by atoms with Crippen molar-refractivity contribution in [1.82, 2.24) is 0 Å². The van der Waals surface area contributed by atoms with Crippen LogP contribution in [0.5, 0.6) is 5.75 Å². The highest BCUT2D eigenvalue weighted by molar-refractivity contribution is 14.1. The molecule has 1 unspecified atom stereocenters. The average molecular weight is 472 g/mol. The van der Waals surface area contributed by atoms with E-state index in [1.807, 2.05) is 19.1 Å². The number of rotatable bonds is 7. The summed E-state index contributed by atoms with van der Waals surface area (Å²) < 4.78 is 20.0. The van der Waals surface area contributed by atoms with Gasteiger partial charge in [0.1, 0.15) is 11.6 Å². The normalized spacial score (nSPS) is 14.2. The molecule has 0 bridgehead atoms. The predicted octanol–water partition coefficient (Wildman–Crippen LogP) is 4.64. The lowest BCUT2D eigenvalue weighted by molar-refractivity contribution is 0.340. The van der Waals surface area contributed by atoms with Crippen LogP contribution in [0.15, 0.2) is 48.5 Å². The van der Waals surface area contributed by atoms with Gasteiger partial charge in [-0.15, -0.1) is 0 Å². The Morgan fingerprint density at radius 3 is 1.96 bits per heavy atom. The molecule has 2 rings (SSSR count). The third kappa shape index (κ3) is 4.70. The van der Waals surface area contributed by atoms with Crippen LogP contribution in [-0.2, 0) is 0 Å².